The van der Waals surface area contributed by atoms with Gasteiger partial charge in [0.1, 0.15) is 0 Å². The molecule has 0 saturated heterocycles. The van der Waals surface area contributed by atoms with E-state index in [-0.39, 0.29) is 5.91 Å². The Kier molecular flexibility index (Phi) is 4.19. The Hall–Kier alpha value is -1.29. The molecule has 0 aliphatic rings. The first-order chi connectivity index (χ1) is 6.76. The van der Waals surface area contributed by atoms with Gasteiger partial charge in [-0.2, -0.15) is 0 Å². The molecule has 0 aliphatic heterocycles. The molecule has 0 unspecified atom stereocenters. The molecule has 1 amide bonds. The average Bonchev–Trinajstić information content (AvgIpc) is 2.65. The third-order valence-corrected chi connectivity index (χ3v) is 2.07. The maximum absolute atomic E-state index is 10.9. The van der Waals surface area contributed by atoms with Crippen LogP contribution in [-0.4, -0.2) is 24.1 Å². The molecule has 1 aromatic rings. The van der Waals surface area contributed by atoms with Crippen molar-refractivity contribution in [2.45, 2.75) is 20.0 Å². The molecule has 0 saturated carbocycles. The summed E-state index contributed by atoms with van der Waals surface area (Å²) in [5.41, 5.74) is 1.20. The SMILES string of the molecule is CCn1ccc(CNCC(=O)NC)c1. The van der Waals surface area contributed by atoms with E-state index in [1.807, 2.05) is 6.20 Å². The van der Waals surface area contributed by atoms with Crippen molar-refractivity contribution < 1.29 is 4.79 Å². The standard InChI is InChI=1S/C10H17N3O/c1-3-13-5-4-9(8-13)6-12-7-10(14)11-2/h4-5,8,12H,3,6-7H2,1-2H3,(H,11,14). The van der Waals surface area contributed by atoms with Crippen LogP contribution in [0.5, 0.6) is 0 Å². The van der Waals surface area contributed by atoms with Crippen molar-refractivity contribution >= 4 is 5.91 Å². The van der Waals surface area contributed by atoms with Gasteiger partial charge in [0, 0.05) is 32.5 Å². The molecule has 78 valence electrons. The zero-order valence-corrected chi connectivity index (χ0v) is 8.71. The van der Waals surface area contributed by atoms with Crippen molar-refractivity contribution in [3.05, 3.63) is 24.0 Å². The Morgan fingerprint density at radius 2 is 2.36 bits per heavy atom. The lowest BCUT2D eigenvalue weighted by molar-refractivity contribution is -0.119. The van der Waals surface area contributed by atoms with Crippen LogP contribution in [0.4, 0.5) is 0 Å². The molecule has 1 rings (SSSR count). The quantitative estimate of drug-likeness (QED) is 0.712. The van der Waals surface area contributed by atoms with E-state index in [9.17, 15) is 4.79 Å². The maximum atomic E-state index is 10.9. The van der Waals surface area contributed by atoms with Gasteiger partial charge in [-0.15, -0.1) is 0 Å². The van der Waals surface area contributed by atoms with Crippen molar-refractivity contribution in [1.82, 2.24) is 15.2 Å². The van der Waals surface area contributed by atoms with Crippen molar-refractivity contribution in [3.63, 3.8) is 0 Å². The molecule has 4 nitrogen and oxygen atoms in total. The number of nitrogens with zero attached hydrogens (tertiary/aromatic N) is 1. The monoisotopic (exact) mass is 195 g/mol. The van der Waals surface area contributed by atoms with Crippen LogP contribution >= 0.6 is 0 Å². The summed E-state index contributed by atoms with van der Waals surface area (Å²) in [7, 11) is 1.64. The molecule has 0 aromatic carbocycles. The number of aromatic nitrogens is 1. The number of carbonyl (C=O) groups is 1. The van der Waals surface area contributed by atoms with Crippen LogP contribution in [-0.2, 0) is 17.9 Å². The molecule has 0 bridgehead atoms. The van der Waals surface area contributed by atoms with Gasteiger partial charge >= 0.3 is 0 Å². The fourth-order valence-corrected chi connectivity index (χ4v) is 1.20. The summed E-state index contributed by atoms with van der Waals surface area (Å²) < 4.78 is 2.11. The van der Waals surface area contributed by atoms with E-state index in [0.29, 0.717) is 6.54 Å². The minimum atomic E-state index is 0.0138. The van der Waals surface area contributed by atoms with Gasteiger partial charge in [0.15, 0.2) is 0 Å². The van der Waals surface area contributed by atoms with E-state index in [1.54, 1.807) is 7.05 Å². The summed E-state index contributed by atoms with van der Waals surface area (Å²) in [4.78, 5) is 10.9. The van der Waals surface area contributed by atoms with E-state index in [4.69, 9.17) is 0 Å². The zero-order valence-electron chi connectivity index (χ0n) is 8.71. The minimum Gasteiger partial charge on any atom is -0.358 e. The number of amides is 1. The molecule has 0 radical (unpaired) electrons. The number of rotatable bonds is 5. The lowest BCUT2D eigenvalue weighted by atomic mass is 10.3. The number of hydrogen-bond donors (Lipinski definition) is 2. The molecule has 0 aliphatic carbocycles. The third-order valence-electron chi connectivity index (χ3n) is 2.07. The number of carbonyl (C=O) groups excluding carboxylic acids is 1. The van der Waals surface area contributed by atoms with Crippen molar-refractivity contribution in [3.8, 4) is 0 Å². The van der Waals surface area contributed by atoms with E-state index in [1.165, 1.54) is 5.56 Å². The van der Waals surface area contributed by atoms with Gasteiger partial charge in [0.25, 0.3) is 0 Å². The molecule has 1 heterocycles. The maximum Gasteiger partial charge on any atom is 0.233 e. The van der Waals surface area contributed by atoms with Crippen LogP contribution in [0.25, 0.3) is 0 Å². The van der Waals surface area contributed by atoms with Gasteiger partial charge in [0.05, 0.1) is 6.54 Å². The Morgan fingerprint density at radius 3 is 2.93 bits per heavy atom. The molecular formula is C10H17N3O. The molecule has 0 atom stereocenters. The Bertz CT molecular complexity index is 293. The third kappa shape index (κ3) is 3.22. The molecular weight excluding hydrogens is 178 g/mol. The minimum absolute atomic E-state index is 0.0138. The predicted octanol–water partition coefficient (Wildman–Crippen LogP) is 0.344. The summed E-state index contributed by atoms with van der Waals surface area (Å²) in [6.07, 6.45) is 4.12. The predicted molar refractivity (Wildman–Crippen MR) is 55.9 cm³/mol. The van der Waals surface area contributed by atoms with Crippen LogP contribution in [0, 0.1) is 0 Å². The lowest BCUT2D eigenvalue weighted by Gasteiger charge is -2.01. The van der Waals surface area contributed by atoms with Gasteiger partial charge in [0.2, 0.25) is 5.91 Å². The Morgan fingerprint density at radius 1 is 1.57 bits per heavy atom. The number of hydrogen-bond acceptors (Lipinski definition) is 2. The number of aryl methyl sites for hydroxylation is 1. The van der Waals surface area contributed by atoms with E-state index in [2.05, 4.69) is 34.4 Å². The first-order valence-electron chi connectivity index (χ1n) is 4.82. The number of nitrogens with one attached hydrogen (secondary N) is 2. The van der Waals surface area contributed by atoms with E-state index >= 15 is 0 Å². The highest BCUT2D eigenvalue weighted by Gasteiger charge is 1.98. The van der Waals surface area contributed by atoms with Crippen LogP contribution in [0.1, 0.15) is 12.5 Å². The number of likely N-dealkylation sites (N-methyl/N-ethyl adjacent to an activating group) is 1. The van der Waals surface area contributed by atoms with Crippen molar-refractivity contribution in [2.24, 2.45) is 0 Å². The second-order valence-corrected chi connectivity index (χ2v) is 3.13. The normalized spacial score (nSPS) is 10.1. The van der Waals surface area contributed by atoms with Crippen molar-refractivity contribution in [1.29, 1.82) is 0 Å². The fraction of sp³-hybridized carbons (Fsp3) is 0.500. The van der Waals surface area contributed by atoms with E-state index in [0.717, 1.165) is 13.1 Å². The highest BCUT2D eigenvalue weighted by atomic mass is 16.1. The lowest BCUT2D eigenvalue weighted by Crippen LogP contribution is -2.30. The van der Waals surface area contributed by atoms with Crippen LogP contribution in [0.3, 0.4) is 0 Å². The average molecular weight is 195 g/mol. The molecule has 0 fully saturated rings. The molecule has 2 N–H and O–H groups in total. The van der Waals surface area contributed by atoms with Crippen LogP contribution in [0.15, 0.2) is 18.5 Å². The summed E-state index contributed by atoms with van der Waals surface area (Å²) in [5.74, 6) is 0.0138. The summed E-state index contributed by atoms with van der Waals surface area (Å²) in [6, 6.07) is 2.06. The van der Waals surface area contributed by atoms with Gasteiger partial charge in [-0.25, -0.2) is 0 Å². The topological polar surface area (TPSA) is 46.1 Å². The fourth-order valence-electron chi connectivity index (χ4n) is 1.20. The van der Waals surface area contributed by atoms with Crippen molar-refractivity contribution in [2.75, 3.05) is 13.6 Å². The summed E-state index contributed by atoms with van der Waals surface area (Å²) >= 11 is 0. The largest absolute Gasteiger partial charge is 0.358 e. The van der Waals surface area contributed by atoms with Crippen LogP contribution in [0.2, 0.25) is 0 Å². The van der Waals surface area contributed by atoms with Gasteiger partial charge in [-0.05, 0) is 18.6 Å². The molecule has 14 heavy (non-hydrogen) atoms. The van der Waals surface area contributed by atoms with Crippen LogP contribution < -0.4 is 10.6 Å². The molecule has 1 aromatic heterocycles. The van der Waals surface area contributed by atoms with Gasteiger partial charge in [-0.1, -0.05) is 0 Å². The van der Waals surface area contributed by atoms with E-state index < -0.39 is 0 Å². The first-order valence-corrected chi connectivity index (χ1v) is 4.82. The zero-order chi connectivity index (χ0) is 10.4. The second-order valence-electron chi connectivity index (χ2n) is 3.13. The first kappa shape index (κ1) is 10.8. The summed E-state index contributed by atoms with van der Waals surface area (Å²) in [6.45, 7) is 4.19. The van der Waals surface area contributed by atoms with Gasteiger partial charge < -0.3 is 15.2 Å². The molecule has 0 spiro atoms. The Labute approximate surface area is 84.3 Å². The highest BCUT2D eigenvalue weighted by molar-refractivity contribution is 5.77. The van der Waals surface area contributed by atoms with Gasteiger partial charge in [-0.3, -0.25) is 4.79 Å². The summed E-state index contributed by atoms with van der Waals surface area (Å²) in [5, 5.41) is 5.63. The molecule has 4 heteroatoms. The second kappa shape index (κ2) is 5.44. The Balaban J connectivity index is 2.27. The smallest absolute Gasteiger partial charge is 0.233 e. The highest BCUT2D eigenvalue weighted by Crippen LogP contribution is 1.99.